The van der Waals surface area contributed by atoms with Crippen LogP contribution in [-0.2, 0) is 6.42 Å². The standard InChI is InChI=1S/C22H21FN2O4/c1-27-20-10-14(11-21(28-2)22(20)29-3)13-8-18-15(19(26)9-13)12-24-25(18)17-7-5-4-6-16(17)23/h4-7,10-13H,8-9H2,1-3H3. The lowest BCUT2D eigenvalue weighted by Crippen LogP contribution is -2.20. The van der Waals surface area contributed by atoms with E-state index in [2.05, 4.69) is 5.10 Å². The fourth-order valence-corrected chi connectivity index (χ4v) is 3.85. The molecular weight excluding hydrogens is 375 g/mol. The predicted octanol–water partition coefficient (Wildman–Crippen LogP) is 3.95. The minimum absolute atomic E-state index is 0.0207. The highest BCUT2D eigenvalue weighted by Gasteiger charge is 2.31. The number of fused-ring (bicyclic) bond motifs is 1. The van der Waals surface area contributed by atoms with Crippen LogP contribution >= 0.6 is 0 Å². The van der Waals surface area contributed by atoms with Crippen molar-refractivity contribution in [3.63, 3.8) is 0 Å². The number of rotatable bonds is 5. The van der Waals surface area contributed by atoms with Crippen LogP contribution in [0.1, 0.15) is 34.0 Å². The molecule has 3 aromatic rings. The quantitative estimate of drug-likeness (QED) is 0.654. The van der Waals surface area contributed by atoms with E-state index in [1.165, 1.54) is 16.9 Å². The molecule has 6 nitrogen and oxygen atoms in total. The number of carbonyl (C=O) groups excluding carboxylic acids is 1. The van der Waals surface area contributed by atoms with Crippen molar-refractivity contribution in [3.8, 4) is 22.9 Å². The molecule has 0 bridgehead atoms. The van der Waals surface area contributed by atoms with Crippen molar-refractivity contribution in [2.45, 2.75) is 18.8 Å². The molecule has 1 atom stereocenters. The summed E-state index contributed by atoms with van der Waals surface area (Å²) in [5, 5.41) is 4.29. The highest BCUT2D eigenvalue weighted by Crippen LogP contribution is 2.43. The van der Waals surface area contributed by atoms with Crippen molar-refractivity contribution in [2.75, 3.05) is 21.3 Å². The van der Waals surface area contributed by atoms with Crippen LogP contribution in [0.25, 0.3) is 5.69 Å². The first-order chi connectivity index (χ1) is 14.1. The number of para-hydroxylation sites is 1. The number of ether oxygens (including phenoxy) is 3. The van der Waals surface area contributed by atoms with Gasteiger partial charge in [-0.2, -0.15) is 5.10 Å². The molecule has 7 heteroatoms. The van der Waals surface area contributed by atoms with Gasteiger partial charge in [-0.25, -0.2) is 9.07 Å². The van der Waals surface area contributed by atoms with Gasteiger partial charge in [-0.15, -0.1) is 0 Å². The van der Waals surface area contributed by atoms with E-state index in [4.69, 9.17) is 14.2 Å². The zero-order chi connectivity index (χ0) is 20.5. The molecule has 1 aromatic heterocycles. The molecule has 1 heterocycles. The molecule has 0 N–H and O–H groups in total. The zero-order valence-corrected chi connectivity index (χ0v) is 16.4. The summed E-state index contributed by atoms with van der Waals surface area (Å²) in [5.41, 5.74) is 2.45. The van der Waals surface area contributed by atoms with Crippen LogP contribution in [0.5, 0.6) is 17.2 Å². The van der Waals surface area contributed by atoms with E-state index in [0.717, 1.165) is 5.56 Å². The van der Waals surface area contributed by atoms with Crippen LogP contribution in [0.4, 0.5) is 4.39 Å². The average molecular weight is 396 g/mol. The van der Waals surface area contributed by atoms with Crippen molar-refractivity contribution in [1.82, 2.24) is 9.78 Å². The van der Waals surface area contributed by atoms with E-state index in [0.29, 0.717) is 47.0 Å². The van der Waals surface area contributed by atoms with Gasteiger partial charge in [0.2, 0.25) is 5.75 Å². The Morgan fingerprint density at radius 2 is 1.72 bits per heavy atom. The number of hydrogen-bond acceptors (Lipinski definition) is 5. The van der Waals surface area contributed by atoms with Crippen molar-refractivity contribution in [1.29, 1.82) is 0 Å². The van der Waals surface area contributed by atoms with E-state index >= 15 is 0 Å². The maximum Gasteiger partial charge on any atom is 0.203 e. The van der Waals surface area contributed by atoms with Crippen LogP contribution < -0.4 is 14.2 Å². The van der Waals surface area contributed by atoms with Crippen molar-refractivity contribution < 1.29 is 23.4 Å². The van der Waals surface area contributed by atoms with E-state index < -0.39 is 0 Å². The van der Waals surface area contributed by atoms with Gasteiger partial charge in [0.1, 0.15) is 11.5 Å². The first kappa shape index (κ1) is 19.0. The smallest absolute Gasteiger partial charge is 0.203 e. The first-order valence-corrected chi connectivity index (χ1v) is 9.22. The van der Waals surface area contributed by atoms with Crippen molar-refractivity contribution >= 4 is 5.78 Å². The number of halogens is 1. The Morgan fingerprint density at radius 1 is 1.03 bits per heavy atom. The molecule has 0 radical (unpaired) electrons. The Morgan fingerprint density at radius 3 is 2.34 bits per heavy atom. The largest absolute Gasteiger partial charge is 0.493 e. The predicted molar refractivity (Wildman–Crippen MR) is 105 cm³/mol. The monoisotopic (exact) mass is 396 g/mol. The Kier molecular flexibility index (Phi) is 4.96. The number of carbonyl (C=O) groups is 1. The van der Waals surface area contributed by atoms with Crippen LogP contribution in [0, 0.1) is 5.82 Å². The summed E-state index contributed by atoms with van der Waals surface area (Å²) in [6.45, 7) is 0. The fraction of sp³-hybridized carbons (Fsp3) is 0.273. The summed E-state index contributed by atoms with van der Waals surface area (Å²) in [5.74, 6) is 1.03. The van der Waals surface area contributed by atoms with Gasteiger partial charge in [-0.05, 0) is 42.2 Å². The summed E-state index contributed by atoms with van der Waals surface area (Å²) in [6, 6.07) is 10.1. The molecule has 0 fully saturated rings. The molecule has 0 saturated heterocycles. The molecular formula is C22H21FN2O4. The third kappa shape index (κ3) is 3.22. The summed E-state index contributed by atoms with van der Waals surface area (Å²) in [4.78, 5) is 12.8. The van der Waals surface area contributed by atoms with Gasteiger partial charge in [0.25, 0.3) is 0 Å². The second-order valence-electron chi connectivity index (χ2n) is 6.86. The molecule has 0 amide bonds. The fourth-order valence-electron chi connectivity index (χ4n) is 3.85. The Hall–Kier alpha value is -3.35. The SMILES string of the molecule is COc1cc(C2CC(=O)c3cnn(-c4ccccc4F)c3C2)cc(OC)c1OC. The van der Waals surface area contributed by atoms with Gasteiger partial charge in [0, 0.05) is 6.42 Å². The lowest BCUT2D eigenvalue weighted by molar-refractivity contribution is 0.0963. The Balaban J connectivity index is 1.77. The van der Waals surface area contributed by atoms with Gasteiger partial charge in [-0.1, -0.05) is 12.1 Å². The number of ketones is 1. The number of nitrogens with zero attached hydrogens (tertiary/aromatic N) is 2. The molecule has 0 saturated carbocycles. The molecule has 29 heavy (non-hydrogen) atoms. The number of Topliss-reactive ketones (excluding diaryl/α,β-unsaturated/α-hetero) is 1. The molecule has 0 aliphatic heterocycles. The highest BCUT2D eigenvalue weighted by atomic mass is 19.1. The number of benzene rings is 2. The highest BCUT2D eigenvalue weighted by molar-refractivity contribution is 5.98. The topological polar surface area (TPSA) is 62.6 Å². The van der Waals surface area contributed by atoms with E-state index in [1.807, 2.05) is 12.1 Å². The summed E-state index contributed by atoms with van der Waals surface area (Å²) < 4.78 is 32.1. The minimum Gasteiger partial charge on any atom is -0.493 e. The van der Waals surface area contributed by atoms with Gasteiger partial charge in [0.05, 0.1) is 38.8 Å². The third-order valence-electron chi connectivity index (χ3n) is 5.28. The first-order valence-electron chi connectivity index (χ1n) is 9.22. The lowest BCUT2D eigenvalue weighted by atomic mass is 9.82. The van der Waals surface area contributed by atoms with Crippen molar-refractivity contribution in [3.05, 3.63) is 65.2 Å². The number of methoxy groups -OCH3 is 3. The molecule has 1 aliphatic carbocycles. The third-order valence-corrected chi connectivity index (χ3v) is 5.28. The van der Waals surface area contributed by atoms with Crippen molar-refractivity contribution in [2.24, 2.45) is 0 Å². The van der Waals surface area contributed by atoms with Crippen LogP contribution in [0.15, 0.2) is 42.6 Å². The summed E-state index contributed by atoms with van der Waals surface area (Å²) in [6.07, 6.45) is 2.39. The number of hydrogen-bond donors (Lipinski definition) is 0. The van der Waals surface area contributed by atoms with Gasteiger partial charge in [0.15, 0.2) is 17.3 Å². The second-order valence-corrected chi connectivity index (χ2v) is 6.86. The lowest BCUT2D eigenvalue weighted by Gasteiger charge is -2.24. The van der Waals surface area contributed by atoms with Gasteiger partial charge < -0.3 is 14.2 Å². The van der Waals surface area contributed by atoms with Crippen LogP contribution in [-0.4, -0.2) is 36.9 Å². The molecule has 2 aromatic carbocycles. The number of aromatic nitrogens is 2. The maximum absolute atomic E-state index is 14.3. The summed E-state index contributed by atoms with van der Waals surface area (Å²) in [7, 11) is 4.65. The van der Waals surface area contributed by atoms with Gasteiger partial charge >= 0.3 is 0 Å². The molecule has 150 valence electrons. The molecule has 0 spiro atoms. The normalized spacial score (nSPS) is 15.7. The zero-order valence-electron chi connectivity index (χ0n) is 16.4. The molecule has 1 aliphatic rings. The van der Waals surface area contributed by atoms with E-state index in [9.17, 15) is 9.18 Å². The van der Waals surface area contributed by atoms with Crippen LogP contribution in [0.3, 0.4) is 0 Å². The Labute approximate surface area is 167 Å². The van der Waals surface area contributed by atoms with Gasteiger partial charge in [-0.3, -0.25) is 4.79 Å². The summed E-state index contributed by atoms with van der Waals surface area (Å²) >= 11 is 0. The molecule has 4 rings (SSSR count). The maximum atomic E-state index is 14.3. The average Bonchev–Trinajstić information content (AvgIpc) is 3.17. The molecule has 1 unspecified atom stereocenters. The minimum atomic E-state index is -0.388. The van der Waals surface area contributed by atoms with Crippen LogP contribution in [0.2, 0.25) is 0 Å². The Bertz CT molecular complexity index is 1050. The second kappa shape index (κ2) is 7.58. The van der Waals surface area contributed by atoms with E-state index in [-0.39, 0.29) is 17.5 Å². The van der Waals surface area contributed by atoms with E-state index in [1.54, 1.807) is 39.5 Å².